The van der Waals surface area contributed by atoms with E-state index in [1.165, 1.54) is 72.8 Å². The van der Waals surface area contributed by atoms with Gasteiger partial charge in [-0.05, 0) is 36.9 Å². The lowest BCUT2D eigenvalue weighted by Gasteiger charge is -2.36. The third-order valence-electron chi connectivity index (χ3n) is 8.30. The second-order valence-corrected chi connectivity index (χ2v) is 11.2. The minimum absolute atomic E-state index is 0.133. The SMILES string of the molecule is CCN(Cc1cnoc1)C[C@H]1CN(c2ccc(C(F)(F)c3ccccc3)cc2)C(=O)c2c(NC(=O)c3ccc(OC)c(C#N)c3)cnn21. The zero-order chi connectivity index (χ0) is 33.8. The summed E-state index contributed by atoms with van der Waals surface area (Å²) in [5.74, 6) is -3.93. The van der Waals surface area contributed by atoms with E-state index in [1.807, 2.05) is 13.0 Å². The fraction of sp³-hybridized carbons (Fsp3) is 0.229. The Hall–Kier alpha value is -5.87. The molecule has 0 bridgehead atoms. The number of halogens is 2. The van der Waals surface area contributed by atoms with Gasteiger partial charge in [-0.1, -0.05) is 54.5 Å². The first kappa shape index (κ1) is 32.1. The number of nitriles is 1. The molecule has 0 saturated carbocycles. The molecule has 0 aliphatic carbocycles. The third kappa shape index (κ3) is 6.25. The number of likely N-dealkylation sites (N-methyl/N-ethyl adjacent to an activating group) is 1. The zero-order valence-electron chi connectivity index (χ0n) is 26.1. The largest absolute Gasteiger partial charge is 0.495 e. The number of nitrogens with one attached hydrogen (secondary N) is 1. The number of ether oxygens (including phenoxy) is 1. The molecule has 0 radical (unpaired) electrons. The molecular formula is C35H31F2N7O4. The topological polar surface area (TPSA) is 130 Å². The van der Waals surface area contributed by atoms with Crippen molar-refractivity contribution >= 4 is 23.2 Å². The van der Waals surface area contributed by atoms with Gasteiger partial charge in [0.05, 0.1) is 43.3 Å². The second-order valence-electron chi connectivity index (χ2n) is 11.2. The Labute approximate surface area is 274 Å². The third-order valence-corrected chi connectivity index (χ3v) is 8.30. The molecule has 244 valence electrons. The van der Waals surface area contributed by atoms with E-state index in [0.29, 0.717) is 31.1 Å². The maximum absolute atomic E-state index is 15.3. The van der Waals surface area contributed by atoms with Crippen LogP contribution < -0.4 is 15.0 Å². The number of hydrogen-bond donors (Lipinski definition) is 1. The molecule has 2 amide bonds. The van der Waals surface area contributed by atoms with Gasteiger partial charge >= 0.3 is 0 Å². The summed E-state index contributed by atoms with van der Waals surface area (Å²) < 4.78 is 42.4. The van der Waals surface area contributed by atoms with E-state index in [0.717, 1.165) is 5.56 Å². The fourth-order valence-electron chi connectivity index (χ4n) is 5.76. The molecule has 48 heavy (non-hydrogen) atoms. The quantitative estimate of drug-likeness (QED) is 0.188. The van der Waals surface area contributed by atoms with Crippen LogP contribution in [0.25, 0.3) is 0 Å². The van der Waals surface area contributed by atoms with Gasteiger partial charge in [-0.3, -0.25) is 19.2 Å². The molecule has 11 nitrogen and oxygen atoms in total. The molecule has 0 spiro atoms. The van der Waals surface area contributed by atoms with Crippen molar-refractivity contribution in [3.8, 4) is 11.8 Å². The number of rotatable bonds is 11. The van der Waals surface area contributed by atoms with Crippen LogP contribution >= 0.6 is 0 Å². The number of methoxy groups -OCH3 is 1. The van der Waals surface area contributed by atoms with Crippen molar-refractivity contribution in [3.05, 3.63) is 125 Å². The highest BCUT2D eigenvalue weighted by molar-refractivity contribution is 6.13. The molecule has 1 atom stereocenters. The first-order valence-corrected chi connectivity index (χ1v) is 15.2. The normalized spacial score (nSPS) is 14.5. The van der Waals surface area contributed by atoms with Crippen LogP contribution in [0.3, 0.4) is 0 Å². The van der Waals surface area contributed by atoms with Crippen molar-refractivity contribution in [2.45, 2.75) is 25.4 Å². The molecule has 6 rings (SSSR count). The highest BCUT2D eigenvalue weighted by atomic mass is 19.3. The monoisotopic (exact) mass is 651 g/mol. The van der Waals surface area contributed by atoms with Crippen LogP contribution in [0.15, 0.2) is 96.0 Å². The smallest absolute Gasteiger partial charge is 0.298 e. The minimum atomic E-state index is -3.24. The summed E-state index contributed by atoms with van der Waals surface area (Å²) in [6, 6.07) is 19.2. The standard InChI is InChI=1S/C35H31F2N7O4/c1-3-42(19-23-17-40-48-22-23)20-29-21-43(28-12-10-27(11-13-28)35(36,37)26-7-5-4-6-8-26)34(46)32-30(18-39-44(29)32)41-33(45)24-9-14-31(47-2)25(15-24)16-38/h4-15,17-18,22,29H,3,19-21H2,1-2H3,(H,41,45)/t29-/m0/s1. The van der Waals surface area contributed by atoms with Crippen molar-refractivity contribution in [1.29, 1.82) is 5.26 Å². The Kier molecular flexibility index (Phi) is 9.00. The summed E-state index contributed by atoms with van der Waals surface area (Å²) in [6.07, 6.45) is 4.61. The van der Waals surface area contributed by atoms with Gasteiger partial charge in [0.25, 0.3) is 17.7 Å². The molecule has 0 unspecified atom stereocenters. The van der Waals surface area contributed by atoms with Crippen molar-refractivity contribution in [2.24, 2.45) is 0 Å². The van der Waals surface area contributed by atoms with Crippen molar-refractivity contribution in [1.82, 2.24) is 19.8 Å². The number of alkyl halides is 2. The van der Waals surface area contributed by atoms with Crippen LogP contribution in [-0.4, -0.2) is 58.4 Å². The molecule has 13 heteroatoms. The van der Waals surface area contributed by atoms with Crippen LogP contribution in [0.4, 0.5) is 20.2 Å². The van der Waals surface area contributed by atoms with Crippen molar-refractivity contribution < 1.29 is 27.6 Å². The molecule has 3 heterocycles. The van der Waals surface area contributed by atoms with E-state index in [4.69, 9.17) is 9.26 Å². The van der Waals surface area contributed by atoms with E-state index < -0.39 is 17.7 Å². The van der Waals surface area contributed by atoms with Crippen LogP contribution in [-0.2, 0) is 12.5 Å². The van der Waals surface area contributed by atoms with Crippen LogP contribution in [0.5, 0.6) is 5.75 Å². The Morgan fingerprint density at radius 2 is 1.88 bits per heavy atom. The molecule has 3 aromatic carbocycles. The van der Waals surface area contributed by atoms with Crippen molar-refractivity contribution in [3.63, 3.8) is 0 Å². The lowest BCUT2D eigenvalue weighted by molar-refractivity contribution is 0.0428. The van der Waals surface area contributed by atoms with Gasteiger partial charge in [-0.25, -0.2) is 0 Å². The maximum Gasteiger partial charge on any atom is 0.298 e. The van der Waals surface area contributed by atoms with Gasteiger partial charge in [0.1, 0.15) is 18.1 Å². The predicted molar refractivity (Wildman–Crippen MR) is 172 cm³/mol. The second kappa shape index (κ2) is 13.5. The highest BCUT2D eigenvalue weighted by Gasteiger charge is 2.38. The van der Waals surface area contributed by atoms with Gasteiger partial charge in [0.15, 0.2) is 5.69 Å². The summed E-state index contributed by atoms with van der Waals surface area (Å²) in [4.78, 5) is 31.1. The summed E-state index contributed by atoms with van der Waals surface area (Å²) in [6.45, 7) is 3.86. The van der Waals surface area contributed by atoms with E-state index in [-0.39, 0.29) is 46.2 Å². The number of nitrogens with zero attached hydrogens (tertiary/aromatic N) is 6. The number of anilines is 2. The van der Waals surface area contributed by atoms with E-state index in [2.05, 4.69) is 20.5 Å². The molecule has 1 aliphatic heterocycles. The lowest BCUT2D eigenvalue weighted by Crippen LogP contribution is -2.47. The van der Waals surface area contributed by atoms with Gasteiger partial charge in [0.2, 0.25) is 0 Å². The van der Waals surface area contributed by atoms with Crippen LogP contribution in [0.1, 0.15) is 56.1 Å². The molecule has 1 N–H and O–H groups in total. The maximum atomic E-state index is 15.3. The first-order valence-electron chi connectivity index (χ1n) is 15.2. The first-order chi connectivity index (χ1) is 23.2. The highest BCUT2D eigenvalue weighted by Crippen LogP contribution is 2.37. The number of amides is 2. The Bertz CT molecular complexity index is 1960. The average Bonchev–Trinajstić information content (AvgIpc) is 3.79. The Morgan fingerprint density at radius 3 is 2.54 bits per heavy atom. The number of fused-ring (bicyclic) bond motifs is 1. The molecular weight excluding hydrogens is 620 g/mol. The zero-order valence-corrected chi connectivity index (χ0v) is 26.1. The van der Waals surface area contributed by atoms with Gasteiger partial charge in [0, 0.05) is 41.0 Å². The molecule has 2 aromatic heterocycles. The predicted octanol–water partition coefficient (Wildman–Crippen LogP) is 5.87. The average molecular weight is 652 g/mol. The summed E-state index contributed by atoms with van der Waals surface area (Å²) in [5, 5.41) is 20.6. The summed E-state index contributed by atoms with van der Waals surface area (Å²) in [7, 11) is 1.43. The molecule has 1 aliphatic rings. The Balaban J connectivity index is 1.33. The summed E-state index contributed by atoms with van der Waals surface area (Å²) in [5.41, 5.74) is 1.61. The molecule has 0 saturated heterocycles. The fourth-order valence-corrected chi connectivity index (χ4v) is 5.76. The van der Waals surface area contributed by atoms with E-state index in [1.54, 1.807) is 35.3 Å². The van der Waals surface area contributed by atoms with Gasteiger partial charge in [-0.2, -0.15) is 19.1 Å². The van der Waals surface area contributed by atoms with Gasteiger partial charge in [-0.15, -0.1) is 0 Å². The number of aromatic nitrogens is 3. The minimum Gasteiger partial charge on any atom is -0.495 e. The van der Waals surface area contributed by atoms with E-state index >= 15 is 8.78 Å². The van der Waals surface area contributed by atoms with Gasteiger partial charge < -0.3 is 19.5 Å². The van der Waals surface area contributed by atoms with Crippen molar-refractivity contribution in [2.75, 3.05) is 37.0 Å². The molecule has 0 fully saturated rings. The summed E-state index contributed by atoms with van der Waals surface area (Å²) >= 11 is 0. The Morgan fingerprint density at radius 1 is 1.12 bits per heavy atom. The number of benzene rings is 3. The van der Waals surface area contributed by atoms with E-state index in [9.17, 15) is 14.9 Å². The van der Waals surface area contributed by atoms with Crippen LogP contribution in [0, 0.1) is 11.3 Å². The van der Waals surface area contributed by atoms with Crippen LogP contribution in [0.2, 0.25) is 0 Å². The lowest BCUT2D eigenvalue weighted by atomic mass is 10.00. The number of carbonyl (C=O) groups excluding carboxylic acids is 2. The number of hydrogen-bond acceptors (Lipinski definition) is 8. The molecule has 5 aromatic rings. The number of carbonyl (C=O) groups is 2.